The van der Waals surface area contributed by atoms with Gasteiger partial charge in [-0.25, -0.2) is 4.79 Å². The van der Waals surface area contributed by atoms with Crippen LogP contribution in [0.3, 0.4) is 0 Å². The molecule has 0 aromatic heterocycles. The second-order valence-electron chi connectivity index (χ2n) is 7.32. The summed E-state index contributed by atoms with van der Waals surface area (Å²) in [5.41, 5.74) is 3.50. The maximum absolute atomic E-state index is 12.1. The van der Waals surface area contributed by atoms with Crippen LogP contribution < -0.4 is 15.0 Å². The highest BCUT2D eigenvalue weighted by atomic mass is 16.6. The van der Waals surface area contributed by atoms with Crippen molar-refractivity contribution in [2.75, 3.05) is 17.3 Å². The van der Waals surface area contributed by atoms with Crippen molar-refractivity contribution in [2.24, 2.45) is 0 Å². The third kappa shape index (κ3) is 2.76. The van der Waals surface area contributed by atoms with Gasteiger partial charge in [0.2, 0.25) is 0 Å². The largest absolute Gasteiger partial charge is 0.417 e. The van der Waals surface area contributed by atoms with E-state index >= 15 is 0 Å². The molecule has 25 heavy (non-hydrogen) atoms. The molecule has 4 rings (SSSR count). The molecule has 1 saturated carbocycles. The number of nitrogens with zero attached hydrogens (tertiary/aromatic N) is 1. The van der Waals surface area contributed by atoms with Crippen LogP contribution in [0.5, 0.6) is 5.75 Å². The smallest absolute Gasteiger partial charge is 0.410 e. The fourth-order valence-corrected chi connectivity index (χ4v) is 4.44. The Bertz CT molecular complexity index is 790. The SMILES string of the molecule is CN1c2ccc(OC(=O)Nc3ccccc3)cc2[C@@H]2CCCC[C@@]21C. The lowest BCUT2D eigenvalue weighted by molar-refractivity contribution is 0.215. The summed E-state index contributed by atoms with van der Waals surface area (Å²) in [4.78, 5) is 14.6. The van der Waals surface area contributed by atoms with Crippen LogP contribution in [0.1, 0.15) is 44.1 Å². The van der Waals surface area contributed by atoms with Gasteiger partial charge in [0.05, 0.1) is 0 Å². The van der Waals surface area contributed by atoms with E-state index in [2.05, 4.69) is 36.3 Å². The molecule has 1 aliphatic heterocycles. The zero-order valence-electron chi connectivity index (χ0n) is 14.8. The molecule has 0 bridgehead atoms. The van der Waals surface area contributed by atoms with Crippen LogP contribution >= 0.6 is 0 Å². The highest BCUT2D eigenvalue weighted by Gasteiger charge is 2.47. The van der Waals surface area contributed by atoms with Gasteiger partial charge in [0.25, 0.3) is 0 Å². The minimum Gasteiger partial charge on any atom is -0.410 e. The normalized spacial score (nSPS) is 24.4. The first-order valence-corrected chi connectivity index (χ1v) is 8.99. The van der Waals surface area contributed by atoms with E-state index in [-0.39, 0.29) is 5.54 Å². The second-order valence-corrected chi connectivity index (χ2v) is 7.32. The van der Waals surface area contributed by atoms with Crippen LogP contribution in [0, 0.1) is 0 Å². The molecule has 0 spiro atoms. The Labute approximate surface area is 148 Å². The quantitative estimate of drug-likeness (QED) is 0.823. The molecule has 2 aliphatic rings. The lowest BCUT2D eigenvalue weighted by Crippen LogP contribution is -2.45. The van der Waals surface area contributed by atoms with Crippen molar-refractivity contribution in [3.8, 4) is 5.75 Å². The maximum atomic E-state index is 12.1. The van der Waals surface area contributed by atoms with Gasteiger partial charge in [-0.3, -0.25) is 5.32 Å². The maximum Gasteiger partial charge on any atom is 0.417 e. The number of fused-ring (bicyclic) bond motifs is 3. The summed E-state index contributed by atoms with van der Waals surface area (Å²) in [6, 6.07) is 15.4. The van der Waals surface area contributed by atoms with Gasteiger partial charge in [-0.1, -0.05) is 31.0 Å². The molecule has 1 fully saturated rings. The van der Waals surface area contributed by atoms with Gasteiger partial charge in [-0.2, -0.15) is 0 Å². The molecule has 0 saturated heterocycles. The first-order valence-electron chi connectivity index (χ1n) is 8.99. The van der Waals surface area contributed by atoms with Crippen LogP contribution in [-0.4, -0.2) is 18.7 Å². The number of rotatable bonds is 2. The minimum atomic E-state index is -0.455. The number of ether oxygens (including phenoxy) is 1. The van der Waals surface area contributed by atoms with Gasteiger partial charge in [-0.15, -0.1) is 0 Å². The van der Waals surface area contributed by atoms with Gasteiger partial charge in [-0.05, 0) is 55.7 Å². The average molecular weight is 336 g/mol. The van der Waals surface area contributed by atoms with Crippen LogP contribution in [0.15, 0.2) is 48.5 Å². The van der Waals surface area contributed by atoms with Crippen LogP contribution in [0.2, 0.25) is 0 Å². The molecule has 2 aromatic rings. The number of hydrogen-bond donors (Lipinski definition) is 1. The molecule has 0 unspecified atom stereocenters. The Balaban J connectivity index is 1.54. The number of carbonyl (C=O) groups excluding carboxylic acids is 1. The van der Waals surface area contributed by atoms with Crippen molar-refractivity contribution >= 4 is 17.5 Å². The van der Waals surface area contributed by atoms with E-state index in [1.54, 1.807) is 0 Å². The van der Waals surface area contributed by atoms with Crippen LogP contribution in [-0.2, 0) is 0 Å². The number of likely N-dealkylation sites (N-methyl/N-ethyl adjacent to an activating group) is 1. The van der Waals surface area contributed by atoms with Crippen molar-refractivity contribution in [3.05, 3.63) is 54.1 Å². The summed E-state index contributed by atoms with van der Waals surface area (Å²) in [7, 11) is 2.19. The lowest BCUT2D eigenvalue weighted by Gasteiger charge is -2.42. The molecule has 0 radical (unpaired) electrons. The Morgan fingerprint density at radius 2 is 2.00 bits per heavy atom. The molecular weight excluding hydrogens is 312 g/mol. The van der Waals surface area contributed by atoms with Crippen molar-refractivity contribution in [1.29, 1.82) is 0 Å². The topological polar surface area (TPSA) is 41.6 Å². The van der Waals surface area contributed by atoms with Crippen molar-refractivity contribution in [1.82, 2.24) is 0 Å². The van der Waals surface area contributed by atoms with E-state index in [1.165, 1.54) is 36.9 Å². The highest BCUT2D eigenvalue weighted by Crippen LogP contribution is 2.54. The lowest BCUT2D eigenvalue weighted by atomic mass is 9.73. The van der Waals surface area contributed by atoms with Crippen molar-refractivity contribution in [2.45, 2.75) is 44.1 Å². The zero-order chi connectivity index (χ0) is 17.4. The molecule has 2 aromatic carbocycles. The standard InChI is InChI=1S/C21H24N2O2/c1-21-13-7-6-10-18(21)17-14-16(11-12-19(17)23(21)2)25-20(24)22-15-8-4-3-5-9-15/h3-5,8-9,11-12,14,18H,6-7,10,13H2,1-2H3,(H,22,24)/t18-,21-/m0/s1. The first kappa shape index (κ1) is 16.0. The molecule has 130 valence electrons. The Morgan fingerprint density at radius 1 is 1.20 bits per heavy atom. The van der Waals surface area contributed by atoms with Crippen LogP contribution in [0.4, 0.5) is 16.2 Å². The van der Waals surface area contributed by atoms with Crippen molar-refractivity contribution in [3.63, 3.8) is 0 Å². The number of amides is 1. The summed E-state index contributed by atoms with van der Waals surface area (Å²) >= 11 is 0. The summed E-state index contributed by atoms with van der Waals surface area (Å²) in [6.07, 6.45) is 4.52. The molecule has 4 heteroatoms. The van der Waals surface area contributed by atoms with Gasteiger partial charge in [0.15, 0.2) is 0 Å². The molecular formula is C21H24N2O2. The highest BCUT2D eigenvalue weighted by molar-refractivity contribution is 5.86. The predicted octanol–water partition coefficient (Wildman–Crippen LogP) is 5.16. The fraction of sp³-hybridized carbons (Fsp3) is 0.381. The Morgan fingerprint density at radius 3 is 2.80 bits per heavy atom. The van der Waals surface area contributed by atoms with Gasteiger partial charge >= 0.3 is 6.09 Å². The number of hydrogen-bond acceptors (Lipinski definition) is 3. The average Bonchev–Trinajstić information content (AvgIpc) is 2.83. The molecule has 4 nitrogen and oxygen atoms in total. The summed E-state index contributed by atoms with van der Waals surface area (Å²) in [6.45, 7) is 2.36. The number of nitrogens with one attached hydrogen (secondary N) is 1. The Kier molecular flexibility index (Phi) is 3.91. The van der Waals surface area contributed by atoms with E-state index in [0.29, 0.717) is 11.7 Å². The molecule has 2 atom stereocenters. The van der Waals surface area contributed by atoms with E-state index in [1.807, 2.05) is 36.4 Å². The monoisotopic (exact) mass is 336 g/mol. The third-order valence-corrected chi connectivity index (χ3v) is 5.91. The first-order chi connectivity index (χ1) is 12.1. The molecule has 1 N–H and O–H groups in total. The zero-order valence-corrected chi connectivity index (χ0v) is 14.8. The second kappa shape index (κ2) is 6.10. The predicted molar refractivity (Wildman–Crippen MR) is 101 cm³/mol. The van der Waals surface area contributed by atoms with E-state index in [4.69, 9.17) is 4.74 Å². The van der Waals surface area contributed by atoms with E-state index < -0.39 is 6.09 Å². The van der Waals surface area contributed by atoms with Crippen molar-refractivity contribution < 1.29 is 9.53 Å². The summed E-state index contributed by atoms with van der Waals surface area (Å²) < 4.78 is 5.52. The number of anilines is 2. The van der Waals surface area contributed by atoms with Gasteiger partial charge in [0.1, 0.15) is 5.75 Å². The van der Waals surface area contributed by atoms with Crippen LogP contribution in [0.25, 0.3) is 0 Å². The van der Waals surface area contributed by atoms with E-state index in [9.17, 15) is 4.79 Å². The van der Waals surface area contributed by atoms with Gasteiger partial charge < -0.3 is 9.64 Å². The van der Waals surface area contributed by atoms with Gasteiger partial charge in [0, 0.05) is 29.9 Å². The summed E-state index contributed by atoms with van der Waals surface area (Å²) in [5.74, 6) is 1.12. The number of benzene rings is 2. The number of carbonyl (C=O) groups is 1. The molecule has 1 heterocycles. The minimum absolute atomic E-state index is 0.186. The fourth-order valence-electron chi connectivity index (χ4n) is 4.44. The molecule has 1 aliphatic carbocycles. The molecule has 1 amide bonds. The third-order valence-electron chi connectivity index (χ3n) is 5.91. The number of para-hydroxylation sites is 1. The van der Waals surface area contributed by atoms with E-state index in [0.717, 1.165) is 5.69 Å². The summed E-state index contributed by atoms with van der Waals surface area (Å²) in [5, 5.41) is 2.76. The Hall–Kier alpha value is -2.49.